The number of allylic oxidation sites excluding steroid dienone is 1. The number of ether oxygens (including phenoxy) is 2. The molecule has 0 bridgehead atoms. The highest BCUT2D eigenvalue weighted by Gasteiger charge is 2.15. The van der Waals surface area contributed by atoms with E-state index in [9.17, 15) is 10.1 Å². The van der Waals surface area contributed by atoms with Crippen molar-refractivity contribution in [3.05, 3.63) is 46.5 Å². The van der Waals surface area contributed by atoms with Crippen molar-refractivity contribution in [1.82, 2.24) is 5.32 Å². The second-order valence-corrected chi connectivity index (χ2v) is 4.51. The first-order valence-corrected chi connectivity index (χ1v) is 6.89. The number of rotatable bonds is 11. The minimum Gasteiger partial charge on any atom is -0.487 e. The second kappa shape index (κ2) is 9.90. The van der Waals surface area contributed by atoms with E-state index in [2.05, 4.69) is 11.9 Å². The van der Waals surface area contributed by atoms with Gasteiger partial charge in [-0.25, -0.2) is 0 Å². The molecule has 6 heteroatoms. The van der Waals surface area contributed by atoms with Gasteiger partial charge in [0, 0.05) is 26.3 Å². The molecule has 0 aliphatic heterocycles. The average Bonchev–Trinajstić information content (AvgIpc) is 2.48. The molecule has 0 aliphatic rings. The highest BCUT2D eigenvalue weighted by molar-refractivity contribution is 5.48. The summed E-state index contributed by atoms with van der Waals surface area (Å²) in [7, 11) is 1.64. The van der Waals surface area contributed by atoms with Gasteiger partial charge >= 0.3 is 5.69 Å². The molecule has 0 amide bonds. The van der Waals surface area contributed by atoms with E-state index in [1.807, 2.05) is 0 Å². The van der Waals surface area contributed by atoms with Gasteiger partial charge in [-0.3, -0.25) is 10.1 Å². The lowest BCUT2D eigenvalue weighted by atomic mass is 10.2. The van der Waals surface area contributed by atoms with Gasteiger partial charge in [-0.05, 0) is 24.5 Å². The number of benzene rings is 1. The van der Waals surface area contributed by atoms with Crippen LogP contribution < -0.4 is 10.1 Å². The van der Waals surface area contributed by atoms with Crippen LogP contribution in [0.1, 0.15) is 18.4 Å². The summed E-state index contributed by atoms with van der Waals surface area (Å²) in [5, 5.41) is 14.2. The van der Waals surface area contributed by atoms with Crippen molar-refractivity contribution in [3.8, 4) is 5.75 Å². The lowest BCUT2D eigenvalue weighted by Gasteiger charge is -2.09. The summed E-state index contributed by atoms with van der Waals surface area (Å²) < 4.78 is 10.5. The Hall–Kier alpha value is -1.92. The predicted octanol–water partition coefficient (Wildman–Crippen LogP) is 2.68. The molecule has 1 aromatic carbocycles. The van der Waals surface area contributed by atoms with Gasteiger partial charge in [-0.2, -0.15) is 0 Å². The molecule has 1 rings (SSSR count). The normalized spacial score (nSPS) is 10.3. The van der Waals surface area contributed by atoms with Gasteiger partial charge in [0.1, 0.15) is 0 Å². The van der Waals surface area contributed by atoms with E-state index in [4.69, 9.17) is 9.47 Å². The smallest absolute Gasteiger partial charge is 0.310 e. The standard InChI is InChI=1S/C15H22N2O4/c1-3-4-5-9-21-15-11-13(12-16-8-10-20-2)6-7-14(15)17(18)19/h3,6-7,11,16H,1,4-5,8-10,12H2,2H3. The summed E-state index contributed by atoms with van der Waals surface area (Å²) >= 11 is 0. The number of unbranched alkanes of at least 4 members (excludes halogenated alkanes) is 1. The van der Waals surface area contributed by atoms with Crippen molar-refractivity contribution in [2.45, 2.75) is 19.4 Å². The topological polar surface area (TPSA) is 73.6 Å². The summed E-state index contributed by atoms with van der Waals surface area (Å²) in [6.07, 6.45) is 3.41. The molecule has 0 radical (unpaired) electrons. The fraction of sp³-hybridized carbons (Fsp3) is 0.467. The molecule has 0 aliphatic carbocycles. The van der Waals surface area contributed by atoms with Crippen LogP contribution in [-0.4, -0.2) is 31.8 Å². The van der Waals surface area contributed by atoms with Gasteiger partial charge in [0.25, 0.3) is 0 Å². The minimum atomic E-state index is -0.426. The Morgan fingerprint density at radius 3 is 2.90 bits per heavy atom. The SMILES string of the molecule is C=CCCCOc1cc(CNCCOC)ccc1[N+](=O)[O-]. The van der Waals surface area contributed by atoms with Gasteiger partial charge in [0.2, 0.25) is 0 Å². The lowest BCUT2D eigenvalue weighted by molar-refractivity contribution is -0.385. The first-order valence-electron chi connectivity index (χ1n) is 6.89. The molecule has 0 atom stereocenters. The Morgan fingerprint density at radius 1 is 1.43 bits per heavy atom. The maximum absolute atomic E-state index is 11.0. The first kappa shape index (κ1) is 17.1. The van der Waals surface area contributed by atoms with Crippen molar-refractivity contribution >= 4 is 5.69 Å². The van der Waals surface area contributed by atoms with Crippen LogP contribution in [0.15, 0.2) is 30.9 Å². The number of hydrogen-bond acceptors (Lipinski definition) is 5. The van der Waals surface area contributed by atoms with Crippen LogP contribution in [0.3, 0.4) is 0 Å². The number of nitro benzene ring substituents is 1. The Labute approximate surface area is 124 Å². The molecular formula is C15H22N2O4. The van der Waals surface area contributed by atoms with Crippen LogP contribution >= 0.6 is 0 Å². The van der Waals surface area contributed by atoms with Crippen LogP contribution in [0, 0.1) is 10.1 Å². The first-order chi connectivity index (χ1) is 10.2. The molecule has 6 nitrogen and oxygen atoms in total. The van der Waals surface area contributed by atoms with E-state index in [0.29, 0.717) is 25.5 Å². The summed E-state index contributed by atoms with van der Waals surface area (Å²) in [4.78, 5) is 10.6. The molecular weight excluding hydrogens is 272 g/mol. The highest BCUT2D eigenvalue weighted by atomic mass is 16.6. The van der Waals surface area contributed by atoms with Crippen LogP contribution in [0.4, 0.5) is 5.69 Å². The molecule has 0 fully saturated rings. The van der Waals surface area contributed by atoms with Crippen LogP contribution in [0.25, 0.3) is 0 Å². The average molecular weight is 294 g/mol. The Bertz CT molecular complexity index is 463. The Morgan fingerprint density at radius 2 is 2.24 bits per heavy atom. The third kappa shape index (κ3) is 6.37. The van der Waals surface area contributed by atoms with Gasteiger partial charge in [-0.15, -0.1) is 6.58 Å². The summed E-state index contributed by atoms with van der Waals surface area (Å²) in [6.45, 7) is 6.03. The zero-order chi connectivity index (χ0) is 15.5. The molecule has 1 aromatic rings. The van der Waals surface area contributed by atoms with Crippen LogP contribution in [-0.2, 0) is 11.3 Å². The fourth-order valence-corrected chi connectivity index (χ4v) is 1.75. The van der Waals surface area contributed by atoms with Crippen LogP contribution in [0.2, 0.25) is 0 Å². The Kier molecular flexibility index (Phi) is 8.08. The number of hydrogen-bond donors (Lipinski definition) is 1. The van der Waals surface area contributed by atoms with Gasteiger partial charge in [-0.1, -0.05) is 12.1 Å². The van der Waals surface area contributed by atoms with Gasteiger partial charge < -0.3 is 14.8 Å². The van der Waals surface area contributed by atoms with E-state index in [1.54, 1.807) is 25.3 Å². The van der Waals surface area contributed by atoms with E-state index < -0.39 is 4.92 Å². The molecule has 0 unspecified atom stereocenters. The lowest BCUT2D eigenvalue weighted by Crippen LogP contribution is -2.18. The van der Waals surface area contributed by atoms with Crippen molar-refractivity contribution in [2.24, 2.45) is 0 Å². The molecule has 1 N–H and O–H groups in total. The number of nitro groups is 1. The number of nitrogens with one attached hydrogen (secondary N) is 1. The largest absolute Gasteiger partial charge is 0.487 e. The highest BCUT2D eigenvalue weighted by Crippen LogP contribution is 2.28. The second-order valence-electron chi connectivity index (χ2n) is 4.51. The molecule has 0 saturated carbocycles. The number of nitrogens with zero attached hydrogens (tertiary/aromatic N) is 1. The van der Waals surface area contributed by atoms with E-state index >= 15 is 0 Å². The summed E-state index contributed by atoms with van der Waals surface area (Å²) in [6, 6.07) is 4.93. The predicted molar refractivity (Wildman–Crippen MR) is 81.6 cm³/mol. The molecule has 0 saturated heterocycles. The maximum atomic E-state index is 11.0. The monoisotopic (exact) mass is 294 g/mol. The van der Waals surface area contributed by atoms with Crippen molar-refractivity contribution < 1.29 is 14.4 Å². The van der Waals surface area contributed by atoms with E-state index in [-0.39, 0.29) is 5.69 Å². The fourth-order valence-electron chi connectivity index (χ4n) is 1.75. The van der Waals surface area contributed by atoms with Crippen LogP contribution in [0.5, 0.6) is 5.75 Å². The molecule has 0 spiro atoms. The third-order valence-corrected chi connectivity index (χ3v) is 2.84. The van der Waals surface area contributed by atoms with Crippen molar-refractivity contribution in [3.63, 3.8) is 0 Å². The summed E-state index contributed by atoms with van der Waals surface area (Å²) in [5.41, 5.74) is 0.935. The molecule has 0 aromatic heterocycles. The van der Waals surface area contributed by atoms with Gasteiger partial charge in [0.05, 0.1) is 18.1 Å². The quantitative estimate of drug-likeness (QED) is 0.294. The van der Waals surface area contributed by atoms with E-state index in [1.165, 1.54) is 6.07 Å². The van der Waals surface area contributed by atoms with Crippen molar-refractivity contribution in [2.75, 3.05) is 26.9 Å². The third-order valence-electron chi connectivity index (χ3n) is 2.84. The maximum Gasteiger partial charge on any atom is 0.310 e. The van der Waals surface area contributed by atoms with E-state index in [0.717, 1.165) is 24.9 Å². The van der Waals surface area contributed by atoms with Gasteiger partial charge in [0.15, 0.2) is 5.75 Å². The Balaban J connectivity index is 2.66. The summed E-state index contributed by atoms with van der Waals surface area (Å²) in [5.74, 6) is 0.315. The zero-order valence-corrected chi connectivity index (χ0v) is 12.3. The van der Waals surface area contributed by atoms with Crippen molar-refractivity contribution in [1.29, 1.82) is 0 Å². The molecule has 0 heterocycles. The zero-order valence-electron chi connectivity index (χ0n) is 12.3. The minimum absolute atomic E-state index is 0.00533. The molecule has 21 heavy (non-hydrogen) atoms. The molecule has 116 valence electrons. The number of methoxy groups -OCH3 is 1.